The number of aromatic nitrogens is 2. The van der Waals surface area contributed by atoms with Crippen LogP contribution in [0.2, 0.25) is 10.0 Å². The van der Waals surface area contributed by atoms with E-state index in [-0.39, 0.29) is 55.5 Å². The molecule has 12 heteroatoms. The lowest BCUT2D eigenvalue weighted by atomic mass is 9.92. The summed E-state index contributed by atoms with van der Waals surface area (Å²) in [5, 5.41) is 10.4. The highest BCUT2D eigenvalue weighted by atomic mass is 35.5. The van der Waals surface area contributed by atoms with Crippen LogP contribution in [0.25, 0.3) is 33.1 Å². The van der Waals surface area contributed by atoms with Gasteiger partial charge >= 0.3 is 0 Å². The molecule has 0 bridgehead atoms. The summed E-state index contributed by atoms with van der Waals surface area (Å²) in [6.07, 6.45) is 15.9. The Kier molecular flexibility index (Phi) is 18.7. The number of nitrogens with zero attached hydrogens (tertiary/aromatic N) is 2. The highest BCUT2D eigenvalue weighted by Gasteiger charge is 2.22. The summed E-state index contributed by atoms with van der Waals surface area (Å²) in [6.45, 7) is 2.34. The second-order valence-electron chi connectivity index (χ2n) is 13.8. The van der Waals surface area contributed by atoms with Crippen molar-refractivity contribution in [3.8, 4) is 17.0 Å². The van der Waals surface area contributed by atoms with Crippen LogP contribution in [0.4, 0.5) is 5.69 Å². The van der Waals surface area contributed by atoms with Gasteiger partial charge in [-0.1, -0.05) is 73.9 Å². The highest BCUT2D eigenvalue weighted by molar-refractivity contribution is 6.31. The lowest BCUT2D eigenvalue weighted by Crippen LogP contribution is -2.24. The van der Waals surface area contributed by atoms with E-state index < -0.39 is 0 Å². The first-order valence-corrected chi connectivity index (χ1v) is 19.3. The fourth-order valence-corrected chi connectivity index (χ4v) is 7.80. The monoisotopic (exact) mass is 852 g/mol. The van der Waals surface area contributed by atoms with Crippen LogP contribution < -0.4 is 15.4 Å². The second kappa shape index (κ2) is 22.1. The van der Waals surface area contributed by atoms with Gasteiger partial charge in [0.2, 0.25) is 0 Å². The fraction of sp³-hybridized carbons (Fsp3) is 0.405. The van der Waals surface area contributed by atoms with E-state index in [9.17, 15) is 4.79 Å². The van der Waals surface area contributed by atoms with E-state index in [4.69, 9.17) is 37.9 Å². The van der Waals surface area contributed by atoms with E-state index in [0.717, 1.165) is 89.1 Å². The van der Waals surface area contributed by atoms with Crippen LogP contribution in [0.3, 0.4) is 0 Å². The predicted molar refractivity (Wildman–Crippen MR) is 236 cm³/mol. The molecule has 0 spiro atoms. The third-order valence-corrected chi connectivity index (χ3v) is 10.6. The number of carbonyl (C=O) groups excluding carboxylic acids is 1. The van der Waals surface area contributed by atoms with E-state index in [2.05, 4.69) is 16.7 Å². The number of pyridine rings is 2. The predicted octanol–water partition coefficient (Wildman–Crippen LogP) is 12.6. The average Bonchev–Trinajstić information content (AvgIpc) is 3.14. The van der Waals surface area contributed by atoms with E-state index in [1.807, 2.05) is 54.6 Å². The summed E-state index contributed by atoms with van der Waals surface area (Å²) in [5.74, 6) is 0.805. The number of nitrogens with one attached hydrogen (secondary N) is 2. The molecule has 0 fully saturated rings. The Bertz CT molecular complexity index is 1990. The second-order valence-corrected chi connectivity index (χ2v) is 14.6. The Morgan fingerprint density at radius 2 is 1.31 bits per heavy atom. The van der Waals surface area contributed by atoms with E-state index >= 15 is 0 Å². The van der Waals surface area contributed by atoms with Crippen LogP contribution in [0, 0.1) is 0 Å². The van der Waals surface area contributed by atoms with Crippen molar-refractivity contribution in [2.24, 2.45) is 0 Å². The summed E-state index contributed by atoms with van der Waals surface area (Å²) in [7, 11) is 0. The molecule has 0 radical (unpaired) electrons. The van der Waals surface area contributed by atoms with Gasteiger partial charge in [0.15, 0.2) is 0 Å². The standard InChI is InChI=1S/C42H46Cl2N4O2.4ClH/c43-30-18-15-28(16-19-30)39-34-13-11-25-50-41(34)35-26-29(17-22-37(35)48-39)42(49)46-24-10-6-4-2-1-3-5-9-23-45-40-32-12-7-8-14-36(32)47-38-27-31(44)20-21-33(38)40;;;;/h15-22,26-27H,1-14,23-25H2,(H,45,47)(H,46,49);4*1H. The molecule has 0 saturated heterocycles. The zero-order valence-corrected chi connectivity index (χ0v) is 35.2. The average molecular weight is 856 g/mol. The topological polar surface area (TPSA) is 76.1 Å². The molecular formula is C42H50Cl6N4O2. The molecule has 1 amide bonds. The van der Waals surface area contributed by atoms with E-state index in [1.165, 1.54) is 73.7 Å². The van der Waals surface area contributed by atoms with Crippen LogP contribution in [0.1, 0.15) is 97.8 Å². The zero-order chi connectivity index (χ0) is 34.3. The van der Waals surface area contributed by atoms with Crippen molar-refractivity contribution in [3.63, 3.8) is 0 Å². The van der Waals surface area contributed by atoms with Crippen molar-refractivity contribution in [3.05, 3.63) is 93.1 Å². The molecule has 292 valence electrons. The Morgan fingerprint density at radius 3 is 2.07 bits per heavy atom. The van der Waals surface area contributed by atoms with Crippen molar-refractivity contribution in [2.45, 2.75) is 89.9 Å². The summed E-state index contributed by atoms with van der Waals surface area (Å²) in [4.78, 5) is 23.0. The number of rotatable bonds is 14. The van der Waals surface area contributed by atoms with Crippen molar-refractivity contribution in [1.29, 1.82) is 0 Å². The minimum atomic E-state index is -0.0454. The first-order chi connectivity index (χ1) is 24.5. The molecule has 2 N–H and O–H groups in total. The van der Waals surface area contributed by atoms with Crippen molar-refractivity contribution < 1.29 is 9.53 Å². The lowest BCUT2D eigenvalue weighted by Gasteiger charge is -2.22. The highest BCUT2D eigenvalue weighted by Crippen LogP contribution is 2.39. The third kappa shape index (κ3) is 11.0. The molecular weight excluding hydrogens is 805 g/mol. The fourth-order valence-electron chi connectivity index (χ4n) is 7.51. The molecule has 54 heavy (non-hydrogen) atoms. The number of carbonyl (C=O) groups is 1. The van der Waals surface area contributed by atoms with Gasteiger partial charge in [-0.15, -0.1) is 49.6 Å². The Morgan fingerprint density at radius 1 is 0.648 bits per heavy atom. The number of fused-ring (bicyclic) bond motifs is 5. The Labute approximate surface area is 353 Å². The normalized spacial score (nSPS) is 12.9. The lowest BCUT2D eigenvalue weighted by molar-refractivity contribution is 0.0953. The molecule has 3 heterocycles. The minimum Gasteiger partial charge on any atom is -0.493 e. The first kappa shape index (κ1) is 45.7. The van der Waals surface area contributed by atoms with Gasteiger partial charge in [0, 0.05) is 62.0 Å². The van der Waals surface area contributed by atoms with Gasteiger partial charge in [-0.05, 0) is 105 Å². The smallest absolute Gasteiger partial charge is 0.251 e. The van der Waals surface area contributed by atoms with E-state index in [1.54, 1.807) is 0 Å². The van der Waals surface area contributed by atoms with Gasteiger partial charge < -0.3 is 15.4 Å². The number of hydrogen-bond acceptors (Lipinski definition) is 5. The molecule has 0 atom stereocenters. The molecule has 7 rings (SSSR count). The molecule has 2 aromatic heterocycles. The molecule has 0 unspecified atom stereocenters. The van der Waals surface area contributed by atoms with Crippen LogP contribution in [0.5, 0.6) is 5.75 Å². The van der Waals surface area contributed by atoms with Gasteiger partial charge in [-0.3, -0.25) is 9.78 Å². The number of ether oxygens (including phenoxy) is 1. The summed E-state index contributed by atoms with van der Waals surface area (Å²) in [5.41, 5.74) is 9.47. The van der Waals surface area contributed by atoms with Crippen molar-refractivity contribution in [2.75, 3.05) is 25.0 Å². The van der Waals surface area contributed by atoms with Crippen molar-refractivity contribution in [1.82, 2.24) is 15.3 Å². The Hall–Kier alpha value is -2.71. The number of amides is 1. The number of unbranched alkanes of at least 4 members (excludes halogenated alkanes) is 7. The number of halogens is 6. The van der Waals surface area contributed by atoms with E-state index in [0.29, 0.717) is 23.7 Å². The molecule has 2 aliphatic rings. The maximum absolute atomic E-state index is 13.1. The maximum atomic E-state index is 13.1. The summed E-state index contributed by atoms with van der Waals surface area (Å²) < 4.78 is 6.18. The van der Waals surface area contributed by atoms with Gasteiger partial charge in [-0.25, -0.2) is 4.98 Å². The van der Waals surface area contributed by atoms with Gasteiger partial charge in [0.1, 0.15) is 5.75 Å². The Balaban J connectivity index is 0.00000196. The van der Waals surface area contributed by atoms with Gasteiger partial charge in [0.05, 0.1) is 23.3 Å². The molecule has 1 aliphatic carbocycles. The van der Waals surface area contributed by atoms with Crippen LogP contribution in [-0.2, 0) is 19.3 Å². The largest absolute Gasteiger partial charge is 0.493 e. The number of benzene rings is 3. The minimum absolute atomic E-state index is 0. The number of anilines is 1. The number of hydrogen-bond donors (Lipinski definition) is 2. The molecule has 0 saturated carbocycles. The van der Waals surface area contributed by atoms with Crippen LogP contribution in [-0.4, -0.2) is 35.6 Å². The van der Waals surface area contributed by atoms with Crippen LogP contribution in [0.15, 0.2) is 60.7 Å². The zero-order valence-electron chi connectivity index (χ0n) is 30.4. The third-order valence-electron chi connectivity index (χ3n) is 10.1. The summed E-state index contributed by atoms with van der Waals surface area (Å²) >= 11 is 12.4. The summed E-state index contributed by atoms with van der Waals surface area (Å²) in [6, 6.07) is 19.6. The van der Waals surface area contributed by atoms with Gasteiger partial charge in [0.25, 0.3) is 5.91 Å². The van der Waals surface area contributed by atoms with Crippen LogP contribution >= 0.6 is 72.8 Å². The number of aryl methyl sites for hydroxylation is 1. The quantitative estimate of drug-likeness (QED) is 0.109. The molecule has 1 aliphatic heterocycles. The maximum Gasteiger partial charge on any atom is 0.251 e. The molecule has 6 nitrogen and oxygen atoms in total. The first-order valence-electron chi connectivity index (χ1n) is 18.5. The molecule has 5 aromatic rings. The van der Waals surface area contributed by atoms with Crippen molar-refractivity contribution >= 4 is 106 Å². The van der Waals surface area contributed by atoms with Gasteiger partial charge in [-0.2, -0.15) is 0 Å². The SMILES string of the molecule is Cl.Cl.Cl.Cl.O=C(NCCCCCCCCCCNc1c2c(nc3cc(Cl)ccc13)CCCC2)c1ccc2nc(-c3ccc(Cl)cc3)c3c(c2c1)OCCC3. The molecule has 3 aromatic carbocycles.